The Hall–Kier alpha value is -3.08. The standard InChI is InChI=1S/C29H33FN4O2/c1-33(2)9-10-34-26-15-20(4-6-22(26)16-28(34)36)19-3-5-21(25(30)14-19)11-18(17-31)12-27(35)29-23-7-8-24(13-23)32-29/h3-6,14-15,18,23-24,29,32H,7-13,16H2,1-2H3/t18-,23+,24-,29+/m1/s1. The maximum absolute atomic E-state index is 15.1. The molecule has 188 valence electrons. The minimum atomic E-state index is -0.546. The van der Waals surface area contributed by atoms with Crippen molar-refractivity contribution in [3.8, 4) is 17.2 Å². The van der Waals surface area contributed by atoms with Gasteiger partial charge in [-0.2, -0.15) is 5.26 Å². The molecule has 6 nitrogen and oxygen atoms in total. The summed E-state index contributed by atoms with van der Waals surface area (Å²) in [6.45, 7) is 1.38. The maximum Gasteiger partial charge on any atom is 0.231 e. The number of piperidine rings is 1. The van der Waals surface area contributed by atoms with E-state index in [2.05, 4.69) is 11.4 Å². The number of hydrogen-bond acceptors (Lipinski definition) is 5. The minimum Gasteiger partial charge on any atom is -0.311 e. The van der Waals surface area contributed by atoms with Gasteiger partial charge in [0, 0.05) is 31.2 Å². The van der Waals surface area contributed by atoms with Gasteiger partial charge in [0.2, 0.25) is 5.91 Å². The van der Waals surface area contributed by atoms with Crippen LogP contribution in [0.25, 0.3) is 11.1 Å². The molecule has 2 bridgehead atoms. The van der Waals surface area contributed by atoms with Crippen molar-refractivity contribution in [2.75, 3.05) is 32.1 Å². The van der Waals surface area contributed by atoms with E-state index in [0.29, 0.717) is 30.5 Å². The number of hydrogen-bond donors (Lipinski definition) is 1. The van der Waals surface area contributed by atoms with Crippen LogP contribution in [0, 0.1) is 29.0 Å². The summed E-state index contributed by atoms with van der Waals surface area (Å²) in [7, 11) is 3.95. The predicted molar refractivity (Wildman–Crippen MR) is 137 cm³/mol. The summed E-state index contributed by atoms with van der Waals surface area (Å²) in [5.74, 6) is -0.367. The van der Waals surface area contributed by atoms with E-state index in [1.165, 1.54) is 6.07 Å². The second kappa shape index (κ2) is 10.1. The molecule has 2 fully saturated rings. The van der Waals surface area contributed by atoms with Crippen LogP contribution < -0.4 is 10.2 Å². The Kier molecular flexibility index (Phi) is 6.92. The Morgan fingerprint density at radius 1 is 1.22 bits per heavy atom. The second-order valence-corrected chi connectivity index (χ2v) is 10.8. The third-order valence-corrected chi connectivity index (χ3v) is 7.98. The molecule has 4 atom stereocenters. The molecule has 1 saturated carbocycles. The summed E-state index contributed by atoms with van der Waals surface area (Å²) in [6, 6.07) is 13.4. The van der Waals surface area contributed by atoms with Gasteiger partial charge >= 0.3 is 0 Å². The van der Waals surface area contributed by atoms with Crippen LogP contribution in [0.5, 0.6) is 0 Å². The molecule has 1 amide bonds. The third-order valence-electron chi connectivity index (χ3n) is 7.98. The van der Waals surface area contributed by atoms with E-state index in [-0.39, 0.29) is 36.4 Å². The maximum atomic E-state index is 15.1. The van der Waals surface area contributed by atoms with Crippen LogP contribution in [-0.4, -0.2) is 55.9 Å². The van der Waals surface area contributed by atoms with Crippen LogP contribution >= 0.6 is 0 Å². The lowest BCUT2D eigenvalue weighted by molar-refractivity contribution is -0.122. The molecule has 1 saturated heterocycles. The van der Waals surface area contributed by atoms with Crippen molar-refractivity contribution in [3.05, 3.63) is 53.3 Å². The van der Waals surface area contributed by atoms with Crippen LogP contribution in [0.1, 0.15) is 36.8 Å². The number of amides is 1. The molecule has 0 aromatic heterocycles. The Labute approximate surface area is 212 Å². The topological polar surface area (TPSA) is 76.4 Å². The molecular weight excluding hydrogens is 455 g/mol. The number of ketones is 1. The zero-order chi connectivity index (χ0) is 25.4. The average molecular weight is 489 g/mol. The van der Waals surface area contributed by atoms with Gasteiger partial charge in [-0.3, -0.25) is 9.59 Å². The lowest BCUT2D eigenvalue weighted by Crippen LogP contribution is -2.42. The number of nitriles is 1. The fraction of sp³-hybridized carbons (Fsp3) is 0.483. The van der Waals surface area contributed by atoms with E-state index >= 15 is 4.39 Å². The van der Waals surface area contributed by atoms with Crippen LogP contribution in [0.15, 0.2) is 36.4 Å². The van der Waals surface area contributed by atoms with Gasteiger partial charge < -0.3 is 15.1 Å². The van der Waals surface area contributed by atoms with Gasteiger partial charge in [-0.25, -0.2) is 4.39 Å². The van der Waals surface area contributed by atoms with Gasteiger partial charge in [-0.05, 0) is 80.1 Å². The van der Waals surface area contributed by atoms with Crippen LogP contribution in [-0.2, 0) is 22.4 Å². The first-order valence-corrected chi connectivity index (χ1v) is 12.9. The number of nitrogens with one attached hydrogen (secondary N) is 1. The Morgan fingerprint density at radius 2 is 2.00 bits per heavy atom. The molecule has 7 heteroatoms. The molecule has 2 aromatic rings. The van der Waals surface area contributed by atoms with E-state index in [1.54, 1.807) is 6.07 Å². The smallest absolute Gasteiger partial charge is 0.231 e. The van der Waals surface area contributed by atoms with E-state index in [0.717, 1.165) is 48.2 Å². The van der Waals surface area contributed by atoms with E-state index < -0.39 is 5.92 Å². The zero-order valence-corrected chi connectivity index (χ0v) is 21.0. The number of nitrogens with zero attached hydrogens (tertiary/aromatic N) is 3. The molecule has 0 radical (unpaired) electrons. The summed E-state index contributed by atoms with van der Waals surface area (Å²) in [6.07, 6.45) is 4.01. The minimum absolute atomic E-state index is 0.0808. The molecule has 2 heterocycles. The van der Waals surface area contributed by atoms with Crippen molar-refractivity contribution in [1.82, 2.24) is 10.2 Å². The van der Waals surface area contributed by atoms with Gasteiger partial charge in [0.05, 0.1) is 24.4 Å². The van der Waals surface area contributed by atoms with Crippen molar-refractivity contribution < 1.29 is 14.0 Å². The SMILES string of the molecule is CN(C)CCN1C(=O)Cc2ccc(-c3ccc(C[C@@H](C#N)CC(=O)[C@H]4N[C@@H]5CC[C@H]4C5)c(F)c3)cc21. The summed E-state index contributed by atoms with van der Waals surface area (Å²) in [5, 5.41) is 13.1. The van der Waals surface area contributed by atoms with Crippen molar-refractivity contribution in [2.45, 2.75) is 50.6 Å². The van der Waals surface area contributed by atoms with E-state index in [9.17, 15) is 14.9 Å². The number of likely N-dealkylation sites (N-methyl/N-ethyl adjacent to an activating group) is 1. The Balaban J connectivity index is 1.28. The number of benzene rings is 2. The highest BCUT2D eigenvalue weighted by Crippen LogP contribution is 2.37. The van der Waals surface area contributed by atoms with Gasteiger partial charge in [0.15, 0.2) is 5.78 Å². The predicted octanol–water partition coefficient (Wildman–Crippen LogP) is 3.73. The quantitative estimate of drug-likeness (QED) is 0.582. The Morgan fingerprint density at radius 3 is 2.67 bits per heavy atom. The summed E-state index contributed by atoms with van der Waals surface area (Å²) >= 11 is 0. The van der Waals surface area contributed by atoms with E-state index in [4.69, 9.17) is 0 Å². The lowest BCUT2D eigenvalue weighted by atomic mass is 9.88. The third kappa shape index (κ3) is 4.93. The number of carbonyl (C=O) groups is 2. The molecule has 5 rings (SSSR count). The normalized spacial score (nSPS) is 23.2. The largest absolute Gasteiger partial charge is 0.311 e. The van der Waals surface area contributed by atoms with Crippen LogP contribution in [0.3, 0.4) is 0 Å². The molecule has 36 heavy (non-hydrogen) atoms. The Bertz CT molecular complexity index is 1220. The van der Waals surface area contributed by atoms with Crippen LogP contribution in [0.2, 0.25) is 0 Å². The molecular formula is C29H33FN4O2. The number of carbonyl (C=O) groups excluding carboxylic acids is 2. The molecule has 1 aliphatic carbocycles. The van der Waals surface area contributed by atoms with Crippen molar-refractivity contribution >= 4 is 17.4 Å². The van der Waals surface area contributed by atoms with Crippen molar-refractivity contribution in [2.24, 2.45) is 11.8 Å². The monoisotopic (exact) mass is 488 g/mol. The first-order valence-electron chi connectivity index (χ1n) is 12.9. The van der Waals surface area contributed by atoms with Crippen molar-refractivity contribution in [3.63, 3.8) is 0 Å². The molecule has 1 N–H and O–H groups in total. The number of Topliss-reactive ketones (excluding diaryl/α,β-unsaturated/α-hetero) is 1. The number of fused-ring (bicyclic) bond motifs is 3. The number of halogens is 1. The molecule has 2 aromatic carbocycles. The number of anilines is 1. The number of rotatable bonds is 9. The van der Waals surface area contributed by atoms with Gasteiger partial charge in [0.1, 0.15) is 5.82 Å². The summed E-state index contributed by atoms with van der Waals surface area (Å²) in [5.41, 5.74) is 3.90. The fourth-order valence-electron chi connectivity index (χ4n) is 5.99. The van der Waals surface area contributed by atoms with Gasteiger partial charge in [-0.15, -0.1) is 0 Å². The van der Waals surface area contributed by atoms with Gasteiger partial charge in [0.25, 0.3) is 0 Å². The zero-order valence-electron chi connectivity index (χ0n) is 21.0. The van der Waals surface area contributed by atoms with Crippen LogP contribution in [0.4, 0.5) is 10.1 Å². The molecule has 0 unspecified atom stereocenters. The highest BCUT2D eigenvalue weighted by atomic mass is 19.1. The van der Waals surface area contributed by atoms with E-state index in [1.807, 2.05) is 48.2 Å². The molecule has 0 spiro atoms. The highest BCUT2D eigenvalue weighted by Gasteiger charge is 2.42. The summed E-state index contributed by atoms with van der Waals surface area (Å²) in [4.78, 5) is 29.2. The second-order valence-electron chi connectivity index (χ2n) is 10.8. The first kappa shape index (κ1) is 24.6. The highest BCUT2D eigenvalue weighted by molar-refractivity contribution is 6.02. The van der Waals surface area contributed by atoms with Crippen molar-refractivity contribution in [1.29, 1.82) is 5.26 Å². The molecule has 3 aliphatic rings. The average Bonchev–Trinajstić information content (AvgIpc) is 3.57. The van der Waals surface area contributed by atoms with Gasteiger partial charge in [-0.1, -0.05) is 24.3 Å². The summed E-state index contributed by atoms with van der Waals surface area (Å²) < 4.78 is 15.1. The fourth-order valence-corrected chi connectivity index (χ4v) is 5.99. The molecule has 2 aliphatic heterocycles. The lowest BCUT2D eigenvalue weighted by Gasteiger charge is -2.22. The first-order chi connectivity index (χ1) is 17.3.